The minimum absolute atomic E-state index is 0. The van der Waals surface area contributed by atoms with Crippen molar-refractivity contribution in [2.75, 3.05) is 6.61 Å². The third kappa shape index (κ3) is 6.21. The first-order chi connectivity index (χ1) is 11.0. The van der Waals surface area contributed by atoms with E-state index in [2.05, 4.69) is 5.32 Å². The lowest BCUT2D eigenvalue weighted by Crippen LogP contribution is -2.20. The summed E-state index contributed by atoms with van der Waals surface area (Å²) in [6.45, 7) is 2.60. The number of amides is 1. The lowest BCUT2D eigenvalue weighted by molar-refractivity contribution is -0.119. The maximum Gasteiger partial charge on any atom is 0.255 e. The molecular formula is C17H19Cl3N2O2. The number of primary amides is 1. The highest BCUT2D eigenvalue weighted by atomic mass is 35.5. The number of hydrogen-bond donors (Lipinski definition) is 2. The normalized spacial score (nSPS) is 11.5. The molecule has 0 aliphatic rings. The van der Waals surface area contributed by atoms with E-state index in [1.165, 1.54) is 0 Å². The van der Waals surface area contributed by atoms with Crippen LogP contribution in [0.2, 0.25) is 10.0 Å². The molecule has 0 aliphatic carbocycles. The van der Waals surface area contributed by atoms with E-state index in [0.29, 0.717) is 22.3 Å². The molecule has 2 aromatic carbocycles. The van der Waals surface area contributed by atoms with Crippen molar-refractivity contribution >= 4 is 41.5 Å². The Morgan fingerprint density at radius 2 is 1.88 bits per heavy atom. The van der Waals surface area contributed by atoms with Gasteiger partial charge in [-0.25, -0.2) is 0 Å². The smallest absolute Gasteiger partial charge is 0.255 e. The summed E-state index contributed by atoms with van der Waals surface area (Å²) in [5.41, 5.74) is 7.12. The zero-order valence-corrected chi connectivity index (χ0v) is 15.4. The average molecular weight is 390 g/mol. The molecule has 2 rings (SSSR count). The van der Waals surface area contributed by atoms with Crippen molar-refractivity contribution in [2.45, 2.75) is 19.5 Å². The SMILES string of the molecule is CC(NCc1ccc(OCC(N)=O)cc1)c1ccc(Cl)cc1Cl.Cl. The Balaban J connectivity index is 0.00000288. The lowest BCUT2D eigenvalue weighted by Gasteiger charge is -2.16. The van der Waals surface area contributed by atoms with Crippen molar-refractivity contribution < 1.29 is 9.53 Å². The van der Waals surface area contributed by atoms with E-state index in [9.17, 15) is 4.79 Å². The molecule has 0 saturated heterocycles. The van der Waals surface area contributed by atoms with Gasteiger partial charge in [0.2, 0.25) is 0 Å². The minimum atomic E-state index is -0.496. The van der Waals surface area contributed by atoms with Gasteiger partial charge in [-0.3, -0.25) is 4.79 Å². The van der Waals surface area contributed by atoms with Crippen LogP contribution in [0.3, 0.4) is 0 Å². The highest BCUT2D eigenvalue weighted by Crippen LogP contribution is 2.26. The van der Waals surface area contributed by atoms with Crippen molar-refractivity contribution in [3.63, 3.8) is 0 Å². The second-order valence-electron chi connectivity index (χ2n) is 5.17. The maximum atomic E-state index is 10.7. The third-order valence-corrected chi connectivity index (χ3v) is 3.91. The van der Waals surface area contributed by atoms with Gasteiger partial charge in [-0.1, -0.05) is 41.4 Å². The minimum Gasteiger partial charge on any atom is -0.484 e. The van der Waals surface area contributed by atoms with Crippen LogP contribution in [0.5, 0.6) is 5.75 Å². The second kappa shape index (κ2) is 9.74. The van der Waals surface area contributed by atoms with Crippen molar-refractivity contribution in [1.82, 2.24) is 5.32 Å². The van der Waals surface area contributed by atoms with Crippen molar-refractivity contribution in [1.29, 1.82) is 0 Å². The molecule has 0 heterocycles. The summed E-state index contributed by atoms with van der Waals surface area (Å²) < 4.78 is 5.22. The summed E-state index contributed by atoms with van der Waals surface area (Å²) in [6.07, 6.45) is 0. The quantitative estimate of drug-likeness (QED) is 0.748. The first-order valence-corrected chi connectivity index (χ1v) is 7.89. The fourth-order valence-corrected chi connectivity index (χ4v) is 2.66. The van der Waals surface area contributed by atoms with Crippen LogP contribution in [0, 0.1) is 0 Å². The summed E-state index contributed by atoms with van der Waals surface area (Å²) in [7, 11) is 0. The molecule has 2 aromatic rings. The largest absolute Gasteiger partial charge is 0.484 e. The molecule has 130 valence electrons. The van der Waals surface area contributed by atoms with Crippen LogP contribution >= 0.6 is 35.6 Å². The van der Waals surface area contributed by atoms with Crippen LogP contribution in [0.25, 0.3) is 0 Å². The molecule has 1 amide bonds. The Labute approximate surface area is 157 Å². The van der Waals surface area contributed by atoms with Crippen LogP contribution in [-0.2, 0) is 11.3 Å². The van der Waals surface area contributed by atoms with E-state index in [-0.39, 0.29) is 25.1 Å². The van der Waals surface area contributed by atoms with Gasteiger partial charge in [0, 0.05) is 22.6 Å². The predicted octanol–water partition coefficient (Wildman–Crippen LogP) is 4.13. The molecule has 24 heavy (non-hydrogen) atoms. The van der Waals surface area contributed by atoms with Crippen LogP contribution < -0.4 is 15.8 Å². The molecule has 3 N–H and O–H groups in total. The van der Waals surface area contributed by atoms with E-state index in [4.69, 9.17) is 33.7 Å². The standard InChI is InChI=1S/C17H18Cl2N2O2.ClH/c1-11(15-7-4-13(18)8-16(15)19)21-9-12-2-5-14(6-3-12)23-10-17(20)22;/h2-8,11,21H,9-10H2,1H3,(H2,20,22);1H. The molecule has 7 heteroatoms. The van der Waals surface area contributed by atoms with E-state index >= 15 is 0 Å². The number of carbonyl (C=O) groups excluding carboxylic acids is 1. The number of nitrogens with one attached hydrogen (secondary N) is 1. The molecule has 1 unspecified atom stereocenters. The Morgan fingerprint density at radius 3 is 2.46 bits per heavy atom. The van der Waals surface area contributed by atoms with Gasteiger partial charge >= 0.3 is 0 Å². The van der Waals surface area contributed by atoms with Gasteiger partial charge in [-0.15, -0.1) is 12.4 Å². The molecule has 0 bridgehead atoms. The molecule has 1 atom stereocenters. The topological polar surface area (TPSA) is 64.3 Å². The number of hydrogen-bond acceptors (Lipinski definition) is 3. The fraction of sp³-hybridized carbons (Fsp3) is 0.235. The molecule has 0 aromatic heterocycles. The number of benzene rings is 2. The predicted molar refractivity (Wildman–Crippen MR) is 100 cm³/mol. The molecule has 0 saturated carbocycles. The number of carbonyl (C=O) groups is 1. The summed E-state index contributed by atoms with van der Waals surface area (Å²) in [6, 6.07) is 13.0. The van der Waals surface area contributed by atoms with Gasteiger partial charge in [0.05, 0.1) is 0 Å². The van der Waals surface area contributed by atoms with Crippen molar-refractivity contribution in [2.24, 2.45) is 5.73 Å². The summed E-state index contributed by atoms with van der Waals surface area (Å²) in [4.78, 5) is 10.7. The van der Waals surface area contributed by atoms with Crippen LogP contribution in [0.4, 0.5) is 0 Å². The van der Waals surface area contributed by atoms with Crippen molar-refractivity contribution in [3.05, 3.63) is 63.6 Å². The Morgan fingerprint density at radius 1 is 1.21 bits per heavy atom. The van der Waals surface area contributed by atoms with Gasteiger partial charge < -0.3 is 15.8 Å². The lowest BCUT2D eigenvalue weighted by atomic mass is 10.1. The maximum absolute atomic E-state index is 10.7. The molecule has 0 radical (unpaired) electrons. The number of nitrogens with two attached hydrogens (primary N) is 1. The monoisotopic (exact) mass is 388 g/mol. The van der Waals surface area contributed by atoms with Gasteiger partial charge in [0.1, 0.15) is 5.75 Å². The molecule has 4 nitrogen and oxygen atoms in total. The summed E-state index contributed by atoms with van der Waals surface area (Å²) in [5, 5.41) is 4.67. The zero-order valence-electron chi connectivity index (χ0n) is 13.1. The summed E-state index contributed by atoms with van der Waals surface area (Å²) in [5.74, 6) is 0.116. The molecule has 0 fully saturated rings. The van der Waals surface area contributed by atoms with E-state index in [0.717, 1.165) is 11.1 Å². The second-order valence-corrected chi connectivity index (χ2v) is 6.01. The Bertz CT molecular complexity index is 678. The zero-order chi connectivity index (χ0) is 16.8. The van der Waals surface area contributed by atoms with E-state index in [1.54, 1.807) is 18.2 Å². The van der Waals surface area contributed by atoms with Crippen LogP contribution in [-0.4, -0.2) is 12.5 Å². The van der Waals surface area contributed by atoms with Gasteiger partial charge in [0.15, 0.2) is 6.61 Å². The average Bonchev–Trinajstić information content (AvgIpc) is 2.51. The van der Waals surface area contributed by atoms with Gasteiger partial charge in [-0.2, -0.15) is 0 Å². The molecule has 0 aliphatic heterocycles. The Hall–Kier alpha value is -1.46. The first-order valence-electron chi connectivity index (χ1n) is 7.14. The highest BCUT2D eigenvalue weighted by Gasteiger charge is 2.09. The van der Waals surface area contributed by atoms with E-state index < -0.39 is 5.91 Å². The Kier molecular flexibility index (Phi) is 8.36. The third-order valence-electron chi connectivity index (χ3n) is 3.35. The van der Waals surface area contributed by atoms with Gasteiger partial charge in [-0.05, 0) is 42.3 Å². The number of ether oxygens (including phenoxy) is 1. The molecular weight excluding hydrogens is 371 g/mol. The fourth-order valence-electron chi connectivity index (χ4n) is 2.09. The van der Waals surface area contributed by atoms with E-state index in [1.807, 2.05) is 31.2 Å². The first kappa shape index (κ1) is 20.6. The van der Waals surface area contributed by atoms with Crippen molar-refractivity contribution in [3.8, 4) is 5.75 Å². The number of halogens is 3. The summed E-state index contributed by atoms with van der Waals surface area (Å²) >= 11 is 12.1. The number of rotatable bonds is 7. The molecule has 0 spiro atoms. The highest BCUT2D eigenvalue weighted by molar-refractivity contribution is 6.35. The van der Waals surface area contributed by atoms with Crippen LogP contribution in [0.1, 0.15) is 24.1 Å². The van der Waals surface area contributed by atoms with Crippen LogP contribution in [0.15, 0.2) is 42.5 Å². The van der Waals surface area contributed by atoms with Gasteiger partial charge in [0.25, 0.3) is 5.91 Å².